The topological polar surface area (TPSA) is 32.3 Å². The van der Waals surface area contributed by atoms with Gasteiger partial charge in [0, 0.05) is 19.0 Å². The predicted octanol–water partition coefficient (Wildman–Crippen LogP) is 3.73. The van der Waals surface area contributed by atoms with Gasteiger partial charge >= 0.3 is 6.18 Å². The molecular formula is C18H23F3N2O. The monoisotopic (exact) mass is 340 g/mol. The first-order valence-corrected chi connectivity index (χ1v) is 8.51. The Labute approximate surface area is 140 Å². The van der Waals surface area contributed by atoms with Crippen molar-refractivity contribution in [3.05, 3.63) is 35.4 Å². The van der Waals surface area contributed by atoms with Crippen molar-refractivity contribution in [3.63, 3.8) is 0 Å². The molecule has 0 aliphatic carbocycles. The summed E-state index contributed by atoms with van der Waals surface area (Å²) in [4.78, 5) is 14.5. The Bertz CT molecular complexity index is 617. The van der Waals surface area contributed by atoms with Crippen molar-refractivity contribution in [2.45, 2.75) is 63.3 Å². The van der Waals surface area contributed by atoms with Gasteiger partial charge in [0.15, 0.2) is 0 Å². The fourth-order valence-corrected chi connectivity index (χ4v) is 3.97. The molecule has 0 bridgehead atoms. The number of alkyl halides is 3. The highest BCUT2D eigenvalue weighted by molar-refractivity contribution is 5.77. The van der Waals surface area contributed by atoms with E-state index in [1.54, 1.807) is 6.07 Å². The molecule has 6 heteroatoms. The third-order valence-corrected chi connectivity index (χ3v) is 5.42. The molecule has 2 aliphatic heterocycles. The zero-order valence-electron chi connectivity index (χ0n) is 13.8. The van der Waals surface area contributed by atoms with E-state index in [1.165, 1.54) is 6.07 Å². The van der Waals surface area contributed by atoms with E-state index in [-0.39, 0.29) is 24.0 Å². The van der Waals surface area contributed by atoms with Crippen LogP contribution >= 0.6 is 0 Å². The van der Waals surface area contributed by atoms with E-state index in [0.29, 0.717) is 12.0 Å². The zero-order chi connectivity index (χ0) is 17.4. The molecular weight excluding hydrogens is 317 g/mol. The fraction of sp³-hybridized carbons (Fsp3) is 0.611. The third-order valence-electron chi connectivity index (χ3n) is 5.42. The summed E-state index contributed by atoms with van der Waals surface area (Å²) in [5.41, 5.74) is -0.456. The van der Waals surface area contributed by atoms with Crippen LogP contribution in [0.15, 0.2) is 24.3 Å². The van der Waals surface area contributed by atoms with Gasteiger partial charge in [0.25, 0.3) is 0 Å². The van der Waals surface area contributed by atoms with Crippen LogP contribution in [0.4, 0.5) is 13.2 Å². The zero-order valence-corrected chi connectivity index (χ0v) is 13.8. The molecule has 0 saturated carbocycles. The maximum absolute atomic E-state index is 12.9. The predicted molar refractivity (Wildman–Crippen MR) is 85.3 cm³/mol. The van der Waals surface area contributed by atoms with Crippen molar-refractivity contribution in [1.82, 2.24) is 10.2 Å². The summed E-state index contributed by atoms with van der Waals surface area (Å²) < 4.78 is 38.8. The van der Waals surface area contributed by atoms with Gasteiger partial charge in [-0.3, -0.25) is 4.79 Å². The maximum Gasteiger partial charge on any atom is 0.416 e. The van der Waals surface area contributed by atoms with Crippen molar-refractivity contribution < 1.29 is 18.0 Å². The summed E-state index contributed by atoms with van der Waals surface area (Å²) in [6.45, 7) is 3.14. The SMILES string of the molecule is CC12CCNC1CCCCC(=O)N2Cc1cccc(C(F)(F)F)c1. The summed E-state index contributed by atoms with van der Waals surface area (Å²) in [7, 11) is 0. The van der Waals surface area contributed by atoms with Crippen molar-refractivity contribution >= 4 is 5.91 Å². The molecule has 2 atom stereocenters. The average molecular weight is 340 g/mol. The standard InChI is InChI=1S/C18H23F3N2O/c1-17-9-10-22-15(17)7-2-3-8-16(24)23(17)12-13-5-4-6-14(11-13)18(19,20)21/h4-6,11,15,22H,2-3,7-10,12H2,1H3. The minimum atomic E-state index is -4.36. The van der Waals surface area contributed by atoms with Crippen molar-refractivity contribution in [1.29, 1.82) is 0 Å². The molecule has 0 radical (unpaired) electrons. The molecule has 2 fully saturated rings. The van der Waals surface area contributed by atoms with Crippen LogP contribution in [-0.4, -0.2) is 28.9 Å². The smallest absolute Gasteiger partial charge is 0.331 e. The molecule has 24 heavy (non-hydrogen) atoms. The van der Waals surface area contributed by atoms with E-state index < -0.39 is 11.7 Å². The van der Waals surface area contributed by atoms with Crippen molar-refractivity contribution in [2.24, 2.45) is 0 Å². The lowest BCUT2D eigenvalue weighted by Crippen LogP contribution is -2.56. The Hall–Kier alpha value is -1.56. The molecule has 2 aliphatic rings. The van der Waals surface area contributed by atoms with Gasteiger partial charge in [-0.2, -0.15) is 13.2 Å². The molecule has 2 unspecified atom stereocenters. The van der Waals surface area contributed by atoms with Crippen LogP contribution < -0.4 is 5.32 Å². The third kappa shape index (κ3) is 3.29. The van der Waals surface area contributed by atoms with Gasteiger partial charge in [0.2, 0.25) is 5.91 Å². The van der Waals surface area contributed by atoms with Crippen molar-refractivity contribution in [2.75, 3.05) is 6.54 Å². The van der Waals surface area contributed by atoms with Crippen LogP contribution in [0.2, 0.25) is 0 Å². The molecule has 1 aromatic rings. The highest BCUT2D eigenvalue weighted by atomic mass is 19.4. The van der Waals surface area contributed by atoms with Gasteiger partial charge in [0.1, 0.15) is 0 Å². The first-order chi connectivity index (χ1) is 11.3. The number of nitrogens with zero attached hydrogens (tertiary/aromatic N) is 1. The second-order valence-corrected chi connectivity index (χ2v) is 7.04. The number of hydrogen-bond donors (Lipinski definition) is 1. The number of rotatable bonds is 2. The molecule has 1 amide bonds. The Morgan fingerprint density at radius 1 is 1.33 bits per heavy atom. The van der Waals surface area contributed by atoms with E-state index in [0.717, 1.165) is 44.4 Å². The molecule has 2 saturated heterocycles. The highest BCUT2D eigenvalue weighted by Crippen LogP contribution is 2.36. The van der Waals surface area contributed by atoms with Crippen molar-refractivity contribution in [3.8, 4) is 0 Å². The Kier molecular flexibility index (Phi) is 4.60. The lowest BCUT2D eigenvalue weighted by Gasteiger charge is -2.44. The second kappa shape index (κ2) is 6.39. The van der Waals surface area contributed by atoms with Gasteiger partial charge < -0.3 is 10.2 Å². The molecule has 3 nitrogen and oxygen atoms in total. The number of fused-ring (bicyclic) bond motifs is 1. The summed E-state index contributed by atoms with van der Waals surface area (Å²) in [5.74, 6) is 0.0447. The normalized spacial score (nSPS) is 28.4. The van der Waals surface area contributed by atoms with Crippen LogP contribution in [-0.2, 0) is 17.5 Å². The Morgan fingerprint density at radius 2 is 2.12 bits per heavy atom. The first-order valence-electron chi connectivity index (χ1n) is 8.51. The Morgan fingerprint density at radius 3 is 2.88 bits per heavy atom. The number of carbonyl (C=O) groups is 1. The lowest BCUT2D eigenvalue weighted by atomic mass is 9.84. The number of likely N-dealkylation sites (tertiary alicyclic amines) is 1. The number of benzene rings is 1. The van der Waals surface area contributed by atoms with E-state index in [9.17, 15) is 18.0 Å². The average Bonchev–Trinajstić information content (AvgIpc) is 2.89. The van der Waals surface area contributed by atoms with E-state index >= 15 is 0 Å². The molecule has 0 spiro atoms. The van der Waals surface area contributed by atoms with Gasteiger partial charge in [-0.1, -0.05) is 18.6 Å². The molecule has 0 aromatic heterocycles. The van der Waals surface area contributed by atoms with Crippen LogP contribution in [0.3, 0.4) is 0 Å². The minimum Gasteiger partial charge on any atom is -0.331 e. The second-order valence-electron chi connectivity index (χ2n) is 7.04. The summed E-state index contributed by atoms with van der Waals surface area (Å²) in [6, 6.07) is 5.53. The summed E-state index contributed by atoms with van der Waals surface area (Å²) >= 11 is 0. The van der Waals surface area contributed by atoms with Gasteiger partial charge in [-0.25, -0.2) is 0 Å². The van der Waals surface area contributed by atoms with Gasteiger partial charge in [-0.05, 0) is 50.4 Å². The van der Waals surface area contributed by atoms with Crippen LogP contribution in [0.5, 0.6) is 0 Å². The molecule has 1 aromatic carbocycles. The summed E-state index contributed by atoms with van der Waals surface area (Å²) in [5, 5.41) is 3.46. The number of halogens is 3. The summed E-state index contributed by atoms with van der Waals surface area (Å²) in [6.07, 6.45) is -0.202. The molecule has 3 rings (SSSR count). The number of nitrogens with one attached hydrogen (secondary N) is 1. The Balaban J connectivity index is 1.89. The minimum absolute atomic E-state index is 0.0447. The number of amides is 1. The van der Waals surface area contributed by atoms with E-state index in [4.69, 9.17) is 0 Å². The fourth-order valence-electron chi connectivity index (χ4n) is 3.97. The molecule has 1 N–H and O–H groups in total. The van der Waals surface area contributed by atoms with Crippen LogP contribution in [0, 0.1) is 0 Å². The first kappa shape index (κ1) is 17.3. The quantitative estimate of drug-likeness (QED) is 0.890. The number of carbonyl (C=O) groups excluding carboxylic acids is 1. The van der Waals surface area contributed by atoms with E-state index in [2.05, 4.69) is 12.2 Å². The number of hydrogen-bond acceptors (Lipinski definition) is 2. The van der Waals surface area contributed by atoms with Gasteiger partial charge in [0.05, 0.1) is 11.1 Å². The molecule has 2 heterocycles. The van der Waals surface area contributed by atoms with Crippen LogP contribution in [0.1, 0.15) is 50.2 Å². The van der Waals surface area contributed by atoms with Crippen LogP contribution in [0.25, 0.3) is 0 Å². The molecule has 132 valence electrons. The van der Waals surface area contributed by atoms with E-state index in [1.807, 2.05) is 4.90 Å². The maximum atomic E-state index is 12.9. The highest BCUT2D eigenvalue weighted by Gasteiger charge is 2.45. The largest absolute Gasteiger partial charge is 0.416 e. The van der Waals surface area contributed by atoms with Gasteiger partial charge in [-0.15, -0.1) is 0 Å². The lowest BCUT2D eigenvalue weighted by molar-refractivity contribution is -0.139.